The summed E-state index contributed by atoms with van der Waals surface area (Å²) in [5.74, 6) is 0.934. The molecule has 3 nitrogen and oxygen atoms in total. The molecular formula is C13H24N2O. The lowest BCUT2D eigenvalue weighted by atomic mass is 10.00. The van der Waals surface area contributed by atoms with E-state index in [1.54, 1.807) is 0 Å². The summed E-state index contributed by atoms with van der Waals surface area (Å²) in [5.41, 5.74) is 0. The lowest BCUT2D eigenvalue weighted by Gasteiger charge is -2.29. The zero-order valence-corrected chi connectivity index (χ0v) is 10.7. The maximum Gasteiger partial charge on any atom is 0.240 e. The van der Waals surface area contributed by atoms with Crippen LogP contribution in [0.5, 0.6) is 0 Å². The first-order chi connectivity index (χ1) is 7.63. The maximum absolute atomic E-state index is 12.2. The molecule has 1 saturated carbocycles. The maximum atomic E-state index is 12.2. The van der Waals surface area contributed by atoms with E-state index < -0.39 is 0 Å². The Hall–Kier alpha value is -0.570. The molecule has 3 heteroatoms. The van der Waals surface area contributed by atoms with Crippen LogP contribution in [0.1, 0.15) is 46.5 Å². The Balaban J connectivity index is 1.89. The highest BCUT2D eigenvalue weighted by Crippen LogP contribution is 2.25. The summed E-state index contributed by atoms with van der Waals surface area (Å²) in [5, 5.41) is 3.45. The Bertz CT molecular complexity index is 263. The molecule has 2 aliphatic rings. The monoisotopic (exact) mass is 224 g/mol. The highest BCUT2D eigenvalue weighted by atomic mass is 16.2. The third-order valence-corrected chi connectivity index (χ3v) is 4.21. The number of rotatable bonds is 5. The molecule has 3 unspecified atom stereocenters. The fourth-order valence-electron chi connectivity index (χ4n) is 2.44. The first-order valence-electron chi connectivity index (χ1n) is 6.70. The number of nitrogens with zero attached hydrogens (tertiary/aromatic N) is 1. The van der Waals surface area contributed by atoms with E-state index in [1.165, 1.54) is 12.8 Å². The third kappa shape index (κ3) is 2.40. The quantitative estimate of drug-likeness (QED) is 0.772. The topological polar surface area (TPSA) is 32.3 Å². The Morgan fingerprint density at radius 3 is 2.62 bits per heavy atom. The first-order valence-corrected chi connectivity index (χ1v) is 6.70. The number of carbonyl (C=O) groups is 1. The molecule has 0 aromatic heterocycles. The predicted molar refractivity (Wildman–Crippen MR) is 65.2 cm³/mol. The fraction of sp³-hybridized carbons (Fsp3) is 0.923. The summed E-state index contributed by atoms with van der Waals surface area (Å²) in [6.07, 6.45) is 4.65. The van der Waals surface area contributed by atoms with Gasteiger partial charge in [0.1, 0.15) is 0 Å². The van der Waals surface area contributed by atoms with Gasteiger partial charge in [-0.25, -0.2) is 0 Å². The largest absolute Gasteiger partial charge is 0.338 e. The predicted octanol–water partition coefficient (Wildman–Crippen LogP) is 1.77. The summed E-state index contributed by atoms with van der Waals surface area (Å²) >= 11 is 0. The lowest BCUT2D eigenvalue weighted by Crippen LogP contribution is -2.44. The highest BCUT2D eigenvalue weighted by Gasteiger charge is 2.38. The van der Waals surface area contributed by atoms with Crippen LogP contribution in [0.4, 0.5) is 0 Å². The summed E-state index contributed by atoms with van der Waals surface area (Å²) in [7, 11) is 0. The number of hydrogen-bond donors (Lipinski definition) is 1. The molecule has 16 heavy (non-hydrogen) atoms. The molecule has 0 radical (unpaired) electrons. The van der Waals surface area contributed by atoms with Crippen molar-refractivity contribution in [2.45, 2.75) is 64.6 Å². The van der Waals surface area contributed by atoms with Gasteiger partial charge in [-0.05, 0) is 32.1 Å². The second-order valence-electron chi connectivity index (χ2n) is 5.44. The van der Waals surface area contributed by atoms with E-state index in [0.29, 0.717) is 23.9 Å². The van der Waals surface area contributed by atoms with Gasteiger partial charge in [0.05, 0.1) is 6.04 Å². The molecule has 0 aromatic rings. The highest BCUT2D eigenvalue weighted by molar-refractivity contribution is 5.84. The minimum Gasteiger partial charge on any atom is -0.338 e. The molecule has 1 heterocycles. The van der Waals surface area contributed by atoms with Crippen molar-refractivity contribution in [1.82, 2.24) is 10.2 Å². The molecule has 2 fully saturated rings. The van der Waals surface area contributed by atoms with Crippen molar-refractivity contribution in [3.05, 3.63) is 0 Å². The summed E-state index contributed by atoms with van der Waals surface area (Å²) < 4.78 is 0. The standard InChI is InChI=1S/C13H24N2O/c1-4-9(2)10(3)15-8-7-12(13(15)16)14-11-5-6-11/h9-12,14H,4-8H2,1-3H3. The summed E-state index contributed by atoms with van der Waals surface area (Å²) in [4.78, 5) is 14.3. The van der Waals surface area contributed by atoms with E-state index in [0.717, 1.165) is 19.4 Å². The van der Waals surface area contributed by atoms with Crippen LogP contribution < -0.4 is 5.32 Å². The minimum absolute atomic E-state index is 0.110. The van der Waals surface area contributed by atoms with Crippen molar-refractivity contribution < 1.29 is 4.79 Å². The Kier molecular flexibility index (Phi) is 3.53. The van der Waals surface area contributed by atoms with E-state index >= 15 is 0 Å². The second-order valence-corrected chi connectivity index (χ2v) is 5.44. The number of carbonyl (C=O) groups excluding carboxylic acids is 1. The van der Waals surface area contributed by atoms with Gasteiger partial charge in [0.15, 0.2) is 0 Å². The molecule has 0 bridgehead atoms. The van der Waals surface area contributed by atoms with Crippen LogP contribution >= 0.6 is 0 Å². The number of nitrogens with one attached hydrogen (secondary N) is 1. The Labute approximate surface area is 98.6 Å². The number of hydrogen-bond acceptors (Lipinski definition) is 2. The summed E-state index contributed by atoms with van der Waals surface area (Å²) in [6, 6.07) is 1.13. The smallest absolute Gasteiger partial charge is 0.240 e. The summed E-state index contributed by atoms with van der Waals surface area (Å²) in [6.45, 7) is 7.56. The van der Waals surface area contributed by atoms with E-state index in [4.69, 9.17) is 0 Å². The van der Waals surface area contributed by atoms with Crippen molar-refractivity contribution in [2.24, 2.45) is 5.92 Å². The molecule has 2 rings (SSSR count). The van der Waals surface area contributed by atoms with Gasteiger partial charge < -0.3 is 10.2 Å². The van der Waals surface area contributed by atoms with Crippen molar-refractivity contribution in [2.75, 3.05) is 6.54 Å². The van der Waals surface area contributed by atoms with Gasteiger partial charge in [-0.3, -0.25) is 4.79 Å². The fourth-order valence-corrected chi connectivity index (χ4v) is 2.44. The van der Waals surface area contributed by atoms with Gasteiger partial charge in [0, 0.05) is 18.6 Å². The Morgan fingerprint density at radius 2 is 2.06 bits per heavy atom. The molecule has 1 aliphatic heterocycles. The molecule has 92 valence electrons. The van der Waals surface area contributed by atoms with Crippen LogP contribution in [-0.4, -0.2) is 35.5 Å². The molecular weight excluding hydrogens is 200 g/mol. The van der Waals surface area contributed by atoms with E-state index in [-0.39, 0.29) is 6.04 Å². The van der Waals surface area contributed by atoms with Crippen LogP contribution in [0.3, 0.4) is 0 Å². The zero-order chi connectivity index (χ0) is 11.7. The third-order valence-electron chi connectivity index (χ3n) is 4.21. The SMILES string of the molecule is CCC(C)C(C)N1CCC(NC2CC2)C1=O. The van der Waals surface area contributed by atoms with Gasteiger partial charge in [0.2, 0.25) is 5.91 Å². The minimum atomic E-state index is 0.110. The van der Waals surface area contributed by atoms with Crippen LogP contribution in [0.2, 0.25) is 0 Å². The van der Waals surface area contributed by atoms with Crippen molar-refractivity contribution in [3.8, 4) is 0 Å². The number of likely N-dealkylation sites (tertiary alicyclic amines) is 1. The van der Waals surface area contributed by atoms with E-state index in [9.17, 15) is 4.79 Å². The van der Waals surface area contributed by atoms with Gasteiger partial charge in [0.25, 0.3) is 0 Å². The second kappa shape index (κ2) is 4.74. The molecule has 1 saturated heterocycles. The molecule has 0 spiro atoms. The lowest BCUT2D eigenvalue weighted by molar-refractivity contribution is -0.132. The average Bonchev–Trinajstić information content (AvgIpc) is 3.03. The van der Waals surface area contributed by atoms with Crippen molar-refractivity contribution in [1.29, 1.82) is 0 Å². The normalized spacial score (nSPS) is 29.6. The Morgan fingerprint density at radius 1 is 1.38 bits per heavy atom. The number of amides is 1. The molecule has 1 N–H and O–H groups in total. The van der Waals surface area contributed by atoms with Gasteiger partial charge >= 0.3 is 0 Å². The van der Waals surface area contributed by atoms with Crippen LogP contribution in [-0.2, 0) is 4.79 Å². The van der Waals surface area contributed by atoms with Crippen molar-refractivity contribution >= 4 is 5.91 Å². The molecule has 3 atom stereocenters. The average molecular weight is 224 g/mol. The first kappa shape index (κ1) is 11.9. The molecule has 1 amide bonds. The van der Waals surface area contributed by atoms with Gasteiger partial charge in [-0.2, -0.15) is 0 Å². The molecule has 1 aliphatic carbocycles. The van der Waals surface area contributed by atoms with Crippen LogP contribution in [0, 0.1) is 5.92 Å². The molecule has 0 aromatic carbocycles. The van der Waals surface area contributed by atoms with Crippen LogP contribution in [0.25, 0.3) is 0 Å². The van der Waals surface area contributed by atoms with Gasteiger partial charge in [-0.15, -0.1) is 0 Å². The van der Waals surface area contributed by atoms with Crippen LogP contribution in [0.15, 0.2) is 0 Å². The van der Waals surface area contributed by atoms with Crippen molar-refractivity contribution in [3.63, 3.8) is 0 Å². The van der Waals surface area contributed by atoms with E-state index in [2.05, 4.69) is 31.0 Å². The van der Waals surface area contributed by atoms with E-state index in [1.807, 2.05) is 0 Å². The van der Waals surface area contributed by atoms with Gasteiger partial charge in [-0.1, -0.05) is 20.3 Å². The zero-order valence-electron chi connectivity index (χ0n) is 10.7.